The summed E-state index contributed by atoms with van der Waals surface area (Å²) in [5, 5.41) is 0.440. The first kappa shape index (κ1) is 23.5. The minimum Gasteiger partial charge on any atom is -0.359 e. The van der Waals surface area contributed by atoms with Gasteiger partial charge in [-0.25, -0.2) is 0 Å². The highest BCUT2D eigenvalue weighted by molar-refractivity contribution is 7.90. The van der Waals surface area contributed by atoms with E-state index in [2.05, 4.69) is 9.71 Å². The molecular formula is C23H25N5O5S. The fourth-order valence-corrected chi connectivity index (χ4v) is 4.42. The molecule has 1 fully saturated rings. The van der Waals surface area contributed by atoms with Crippen LogP contribution in [0.4, 0.5) is 5.69 Å². The first-order chi connectivity index (χ1) is 16.2. The maximum Gasteiger partial charge on any atom is 0.301 e. The van der Waals surface area contributed by atoms with E-state index < -0.39 is 21.9 Å². The highest BCUT2D eigenvalue weighted by Gasteiger charge is 2.30. The minimum absolute atomic E-state index is 0.108. The van der Waals surface area contributed by atoms with Gasteiger partial charge in [0, 0.05) is 57.4 Å². The van der Waals surface area contributed by atoms with E-state index in [0.717, 1.165) is 4.31 Å². The van der Waals surface area contributed by atoms with Crippen LogP contribution >= 0.6 is 0 Å². The van der Waals surface area contributed by atoms with Crippen molar-refractivity contribution in [3.05, 3.63) is 65.9 Å². The summed E-state index contributed by atoms with van der Waals surface area (Å²) < 4.78 is 27.9. The van der Waals surface area contributed by atoms with E-state index >= 15 is 0 Å². The Balaban J connectivity index is 1.47. The van der Waals surface area contributed by atoms with Crippen molar-refractivity contribution in [2.45, 2.75) is 0 Å². The number of benzene rings is 2. The van der Waals surface area contributed by atoms with Gasteiger partial charge < -0.3 is 14.8 Å². The summed E-state index contributed by atoms with van der Waals surface area (Å²) >= 11 is 0. The van der Waals surface area contributed by atoms with Crippen LogP contribution in [0.15, 0.2) is 54.7 Å². The first-order valence-electron chi connectivity index (χ1n) is 10.7. The largest absolute Gasteiger partial charge is 0.359 e. The van der Waals surface area contributed by atoms with Crippen LogP contribution in [0.5, 0.6) is 0 Å². The van der Waals surface area contributed by atoms with Gasteiger partial charge in [0.15, 0.2) is 0 Å². The predicted octanol–water partition coefficient (Wildman–Crippen LogP) is 1.55. The second-order valence-corrected chi connectivity index (χ2v) is 9.98. The zero-order chi connectivity index (χ0) is 24.5. The van der Waals surface area contributed by atoms with Crippen LogP contribution in [0.3, 0.4) is 0 Å². The molecule has 4 rings (SSSR count). The maximum absolute atomic E-state index is 13.0. The number of fused-ring (bicyclic) bond motifs is 1. The number of H-pyrrole nitrogens is 1. The average molecular weight is 484 g/mol. The standard InChI is InChI=1S/C23H25N5O5S/c1-26(2)34(32,33)25-19-10-6-9-17-18(15-24-20(17)19)21(29)23(31)28-13-11-27(12-14-28)22(30)16-7-4-3-5-8-16/h3-10,15,24-25H,11-14H2,1-2H3. The molecule has 2 N–H and O–H groups in total. The molecule has 3 aromatic rings. The van der Waals surface area contributed by atoms with E-state index in [9.17, 15) is 22.8 Å². The molecule has 0 unspecified atom stereocenters. The van der Waals surface area contributed by atoms with Crippen LogP contribution in [0.1, 0.15) is 20.7 Å². The Kier molecular flexibility index (Phi) is 6.40. The number of piperazine rings is 1. The van der Waals surface area contributed by atoms with Gasteiger partial charge in [-0.15, -0.1) is 0 Å². The second kappa shape index (κ2) is 9.27. The maximum atomic E-state index is 13.0. The Morgan fingerprint density at radius 2 is 1.56 bits per heavy atom. The number of anilines is 1. The monoisotopic (exact) mass is 483 g/mol. The van der Waals surface area contributed by atoms with Crippen molar-refractivity contribution in [1.82, 2.24) is 19.1 Å². The smallest absolute Gasteiger partial charge is 0.301 e. The number of hydrogen-bond donors (Lipinski definition) is 2. The van der Waals surface area contributed by atoms with Crippen LogP contribution in [0, 0.1) is 0 Å². The van der Waals surface area contributed by atoms with Crippen molar-refractivity contribution >= 4 is 44.4 Å². The molecule has 2 heterocycles. The topological polar surface area (TPSA) is 123 Å². The molecule has 178 valence electrons. The summed E-state index contributed by atoms with van der Waals surface area (Å²) in [6.45, 7) is 1.16. The molecule has 1 aromatic heterocycles. The Bertz CT molecular complexity index is 1340. The number of carbonyl (C=O) groups is 3. The lowest BCUT2D eigenvalue weighted by Crippen LogP contribution is -2.52. The number of nitrogens with zero attached hydrogens (tertiary/aromatic N) is 3. The molecule has 0 bridgehead atoms. The third-order valence-electron chi connectivity index (χ3n) is 5.75. The first-order valence-corrected chi connectivity index (χ1v) is 12.1. The number of amides is 2. The normalized spacial score (nSPS) is 14.4. The fraction of sp³-hybridized carbons (Fsp3) is 0.261. The van der Waals surface area contributed by atoms with Gasteiger partial charge in [0.2, 0.25) is 0 Å². The van der Waals surface area contributed by atoms with Gasteiger partial charge in [0.05, 0.1) is 16.8 Å². The quantitative estimate of drug-likeness (QED) is 0.407. The molecule has 10 nitrogen and oxygen atoms in total. The summed E-state index contributed by atoms with van der Waals surface area (Å²) in [7, 11) is -0.947. The van der Waals surface area contributed by atoms with Gasteiger partial charge in [-0.3, -0.25) is 19.1 Å². The van der Waals surface area contributed by atoms with Crippen molar-refractivity contribution in [1.29, 1.82) is 0 Å². The third-order valence-corrected chi connectivity index (χ3v) is 7.19. The van der Waals surface area contributed by atoms with Gasteiger partial charge >= 0.3 is 10.2 Å². The number of aromatic amines is 1. The van der Waals surface area contributed by atoms with Crippen molar-refractivity contribution < 1.29 is 22.8 Å². The van der Waals surface area contributed by atoms with Gasteiger partial charge in [-0.1, -0.05) is 30.3 Å². The molecule has 2 amide bonds. The Labute approximate surface area is 197 Å². The lowest BCUT2D eigenvalue weighted by atomic mass is 10.1. The molecule has 0 saturated carbocycles. The lowest BCUT2D eigenvalue weighted by molar-refractivity contribution is -0.127. The molecule has 1 aliphatic heterocycles. The molecule has 0 spiro atoms. The molecule has 1 saturated heterocycles. The highest BCUT2D eigenvalue weighted by atomic mass is 32.2. The second-order valence-electron chi connectivity index (χ2n) is 8.10. The highest BCUT2D eigenvalue weighted by Crippen LogP contribution is 2.27. The molecular weight excluding hydrogens is 458 g/mol. The number of ketones is 1. The van der Waals surface area contributed by atoms with Gasteiger partial charge in [-0.05, 0) is 18.2 Å². The number of carbonyl (C=O) groups excluding carboxylic acids is 3. The zero-order valence-electron chi connectivity index (χ0n) is 18.8. The summed E-state index contributed by atoms with van der Waals surface area (Å²) in [5.74, 6) is -1.46. The molecule has 1 aliphatic rings. The van der Waals surface area contributed by atoms with Crippen molar-refractivity contribution in [3.8, 4) is 0 Å². The average Bonchev–Trinajstić information content (AvgIpc) is 3.28. The van der Waals surface area contributed by atoms with E-state index in [-0.39, 0.29) is 30.2 Å². The molecule has 0 radical (unpaired) electrons. The number of hydrogen-bond acceptors (Lipinski definition) is 5. The van der Waals surface area contributed by atoms with E-state index in [1.54, 1.807) is 47.4 Å². The number of Topliss-reactive ketones (excluding diaryl/α,β-unsaturated/α-hetero) is 1. The van der Waals surface area contributed by atoms with Crippen molar-refractivity contribution in [2.75, 3.05) is 45.0 Å². The Hall–Kier alpha value is -3.70. The van der Waals surface area contributed by atoms with Gasteiger partial charge in [0.1, 0.15) is 0 Å². The number of nitrogens with one attached hydrogen (secondary N) is 2. The molecule has 0 aliphatic carbocycles. The van der Waals surface area contributed by atoms with E-state index in [1.165, 1.54) is 25.2 Å². The third kappa shape index (κ3) is 4.52. The Morgan fingerprint density at radius 1 is 0.912 bits per heavy atom. The van der Waals surface area contributed by atoms with E-state index in [1.807, 2.05) is 6.07 Å². The van der Waals surface area contributed by atoms with E-state index in [4.69, 9.17) is 0 Å². The molecule has 11 heteroatoms. The summed E-state index contributed by atoms with van der Waals surface area (Å²) in [5.41, 5.74) is 1.42. The zero-order valence-corrected chi connectivity index (χ0v) is 19.6. The van der Waals surface area contributed by atoms with Crippen LogP contribution in [0.2, 0.25) is 0 Å². The number of rotatable bonds is 6. The predicted molar refractivity (Wildman–Crippen MR) is 128 cm³/mol. The van der Waals surface area contributed by atoms with Crippen LogP contribution in [0.25, 0.3) is 10.9 Å². The van der Waals surface area contributed by atoms with E-state index in [0.29, 0.717) is 29.6 Å². The molecule has 0 atom stereocenters. The van der Waals surface area contributed by atoms with Crippen LogP contribution in [-0.2, 0) is 15.0 Å². The van der Waals surface area contributed by atoms with Crippen LogP contribution < -0.4 is 4.72 Å². The summed E-state index contributed by atoms with van der Waals surface area (Å²) in [4.78, 5) is 44.6. The fourth-order valence-electron chi connectivity index (χ4n) is 3.79. The SMILES string of the molecule is CN(C)S(=O)(=O)Nc1cccc2c(C(=O)C(=O)N3CCN(C(=O)c4ccccc4)CC3)c[nH]c12. The number of aromatic nitrogens is 1. The summed E-state index contributed by atoms with van der Waals surface area (Å²) in [6, 6.07) is 13.7. The minimum atomic E-state index is -3.75. The van der Waals surface area contributed by atoms with Gasteiger partial charge in [-0.2, -0.15) is 12.7 Å². The van der Waals surface area contributed by atoms with Crippen molar-refractivity contribution in [3.63, 3.8) is 0 Å². The molecule has 34 heavy (non-hydrogen) atoms. The van der Waals surface area contributed by atoms with Crippen LogP contribution in [-0.4, -0.2) is 85.4 Å². The lowest BCUT2D eigenvalue weighted by Gasteiger charge is -2.34. The summed E-state index contributed by atoms with van der Waals surface area (Å²) in [6.07, 6.45) is 1.41. The Morgan fingerprint density at radius 3 is 2.21 bits per heavy atom. The van der Waals surface area contributed by atoms with Gasteiger partial charge in [0.25, 0.3) is 17.6 Å². The molecule has 2 aromatic carbocycles. The van der Waals surface area contributed by atoms with Crippen molar-refractivity contribution in [2.24, 2.45) is 0 Å². The number of para-hydroxylation sites is 1.